The molecule has 0 aliphatic carbocycles. The molecule has 0 saturated carbocycles. The standard InChI is InChI=1S/C14H11N3O2S/c18-20(19)8-7-13(10-20)17-15-9-12-6-5-11-3-1-2-4-14(11)16-12/h1-10,17H/b15-9+. The maximum absolute atomic E-state index is 11.2. The normalized spacial score (nSPS) is 16.7. The van der Waals surface area contributed by atoms with Gasteiger partial charge in [-0.3, -0.25) is 5.43 Å². The number of para-hydroxylation sites is 1. The summed E-state index contributed by atoms with van der Waals surface area (Å²) in [6.45, 7) is 0. The number of fused-ring (bicyclic) bond motifs is 1. The van der Waals surface area contributed by atoms with Crippen LogP contribution in [0.2, 0.25) is 0 Å². The Morgan fingerprint density at radius 2 is 2.00 bits per heavy atom. The quantitative estimate of drug-likeness (QED) is 0.691. The molecular formula is C14H11N3O2S. The number of hydrogen-bond acceptors (Lipinski definition) is 5. The van der Waals surface area contributed by atoms with E-state index in [1.807, 2.05) is 36.4 Å². The lowest BCUT2D eigenvalue weighted by Gasteiger charge is -1.99. The molecule has 1 N–H and O–H groups in total. The van der Waals surface area contributed by atoms with Crippen molar-refractivity contribution in [2.24, 2.45) is 5.10 Å². The fraction of sp³-hybridized carbons (Fsp3) is 0. The number of rotatable bonds is 3. The highest BCUT2D eigenvalue weighted by atomic mass is 32.2. The summed E-state index contributed by atoms with van der Waals surface area (Å²) >= 11 is 0. The van der Waals surface area contributed by atoms with Crippen LogP contribution in [-0.4, -0.2) is 19.6 Å². The molecule has 0 fully saturated rings. The van der Waals surface area contributed by atoms with E-state index < -0.39 is 9.84 Å². The molecule has 0 radical (unpaired) electrons. The lowest BCUT2D eigenvalue weighted by atomic mass is 10.2. The van der Waals surface area contributed by atoms with E-state index in [9.17, 15) is 8.42 Å². The van der Waals surface area contributed by atoms with Gasteiger partial charge < -0.3 is 0 Å². The van der Waals surface area contributed by atoms with Crippen molar-refractivity contribution < 1.29 is 8.42 Å². The molecule has 6 heteroatoms. The van der Waals surface area contributed by atoms with Crippen LogP contribution in [0.3, 0.4) is 0 Å². The SMILES string of the molecule is O=S1(=O)C=CC(N/N=C/c2ccc3ccccc3n2)=C1. The average molecular weight is 285 g/mol. The third-order valence-corrected chi connectivity index (χ3v) is 3.84. The number of hydrogen-bond donors (Lipinski definition) is 1. The molecule has 0 unspecified atom stereocenters. The number of pyridine rings is 1. The van der Waals surface area contributed by atoms with Gasteiger partial charge in [0.15, 0.2) is 9.84 Å². The number of nitrogens with zero attached hydrogens (tertiary/aromatic N) is 2. The predicted octanol–water partition coefficient (Wildman–Crippen LogP) is 1.94. The maximum atomic E-state index is 11.2. The third-order valence-electron chi connectivity index (χ3n) is 2.74. The summed E-state index contributed by atoms with van der Waals surface area (Å²) in [7, 11) is -3.21. The summed E-state index contributed by atoms with van der Waals surface area (Å²) in [4.78, 5) is 4.42. The van der Waals surface area contributed by atoms with Gasteiger partial charge in [0.05, 0.1) is 28.5 Å². The number of hydrazone groups is 1. The predicted molar refractivity (Wildman–Crippen MR) is 78.6 cm³/mol. The number of nitrogens with one attached hydrogen (secondary N) is 1. The second kappa shape index (κ2) is 4.90. The maximum Gasteiger partial charge on any atom is 0.195 e. The number of sulfone groups is 1. The van der Waals surface area contributed by atoms with Gasteiger partial charge in [0.2, 0.25) is 0 Å². The molecule has 1 aliphatic heterocycles. The first-order valence-corrected chi connectivity index (χ1v) is 7.53. The van der Waals surface area contributed by atoms with Crippen molar-refractivity contribution in [3.63, 3.8) is 0 Å². The summed E-state index contributed by atoms with van der Waals surface area (Å²) in [6, 6.07) is 11.6. The van der Waals surface area contributed by atoms with Crippen LogP contribution in [0.15, 0.2) is 64.1 Å². The molecule has 0 spiro atoms. The zero-order valence-electron chi connectivity index (χ0n) is 10.4. The van der Waals surface area contributed by atoms with Crippen molar-refractivity contribution in [3.8, 4) is 0 Å². The first-order valence-electron chi connectivity index (χ1n) is 5.92. The second-order valence-corrected chi connectivity index (χ2v) is 5.95. The molecule has 2 aromatic rings. The molecule has 0 saturated heterocycles. The molecular weight excluding hydrogens is 274 g/mol. The van der Waals surface area contributed by atoms with Crippen LogP contribution in [0, 0.1) is 0 Å². The highest BCUT2D eigenvalue weighted by molar-refractivity contribution is 7.97. The lowest BCUT2D eigenvalue weighted by molar-refractivity contribution is 0.613. The van der Waals surface area contributed by atoms with E-state index in [0.717, 1.165) is 21.7 Å². The molecule has 0 atom stereocenters. The molecule has 100 valence electrons. The van der Waals surface area contributed by atoms with E-state index in [-0.39, 0.29) is 0 Å². The Bertz CT molecular complexity index is 852. The second-order valence-electron chi connectivity index (χ2n) is 4.26. The average Bonchev–Trinajstić information content (AvgIpc) is 2.78. The minimum Gasteiger partial charge on any atom is -0.278 e. The topological polar surface area (TPSA) is 71.4 Å². The van der Waals surface area contributed by atoms with Crippen LogP contribution >= 0.6 is 0 Å². The van der Waals surface area contributed by atoms with Crippen LogP contribution in [0.5, 0.6) is 0 Å². The molecule has 0 bridgehead atoms. The molecule has 3 rings (SSSR count). The summed E-state index contributed by atoms with van der Waals surface area (Å²) in [5, 5.41) is 7.28. The monoisotopic (exact) mass is 285 g/mol. The summed E-state index contributed by atoms with van der Waals surface area (Å²) in [6.07, 6.45) is 3.01. The highest BCUT2D eigenvalue weighted by Crippen LogP contribution is 2.11. The van der Waals surface area contributed by atoms with Gasteiger partial charge in [-0.25, -0.2) is 13.4 Å². The molecule has 5 nitrogen and oxygen atoms in total. The Balaban J connectivity index is 1.77. The fourth-order valence-corrected chi connectivity index (χ4v) is 2.71. The van der Waals surface area contributed by atoms with E-state index in [4.69, 9.17) is 0 Å². The number of allylic oxidation sites excluding steroid dienone is 1. The fourth-order valence-electron chi connectivity index (χ4n) is 1.81. The van der Waals surface area contributed by atoms with E-state index in [1.54, 1.807) is 6.21 Å². The Hall–Kier alpha value is -2.47. The zero-order valence-corrected chi connectivity index (χ0v) is 11.2. The molecule has 0 amide bonds. The minimum absolute atomic E-state index is 0.432. The van der Waals surface area contributed by atoms with Crippen LogP contribution in [0.4, 0.5) is 0 Å². The van der Waals surface area contributed by atoms with Gasteiger partial charge in [-0.15, -0.1) is 0 Å². The first kappa shape index (κ1) is 12.6. The van der Waals surface area contributed by atoms with Crippen molar-refractivity contribution in [2.75, 3.05) is 0 Å². The number of aromatic nitrogens is 1. The Morgan fingerprint density at radius 3 is 2.80 bits per heavy atom. The minimum atomic E-state index is -3.21. The summed E-state index contributed by atoms with van der Waals surface area (Å²) < 4.78 is 22.3. The van der Waals surface area contributed by atoms with Gasteiger partial charge in [0, 0.05) is 10.8 Å². The van der Waals surface area contributed by atoms with Gasteiger partial charge in [0.25, 0.3) is 0 Å². The van der Waals surface area contributed by atoms with E-state index in [2.05, 4.69) is 15.5 Å². The third kappa shape index (κ3) is 2.75. The van der Waals surface area contributed by atoms with Crippen LogP contribution in [0.1, 0.15) is 5.69 Å². The largest absolute Gasteiger partial charge is 0.278 e. The molecule has 20 heavy (non-hydrogen) atoms. The van der Waals surface area contributed by atoms with Gasteiger partial charge in [0.1, 0.15) is 0 Å². The van der Waals surface area contributed by atoms with Gasteiger partial charge >= 0.3 is 0 Å². The molecule has 1 aromatic heterocycles. The van der Waals surface area contributed by atoms with Gasteiger partial charge in [-0.2, -0.15) is 5.10 Å². The van der Waals surface area contributed by atoms with Crippen molar-refractivity contribution in [3.05, 3.63) is 64.7 Å². The summed E-state index contributed by atoms with van der Waals surface area (Å²) in [5.41, 5.74) is 4.67. The van der Waals surface area contributed by atoms with Crippen LogP contribution in [0.25, 0.3) is 10.9 Å². The molecule has 1 aliphatic rings. The van der Waals surface area contributed by atoms with Crippen molar-refractivity contribution in [2.45, 2.75) is 0 Å². The Kier molecular flexibility index (Phi) is 3.08. The summed E-state index contributed by atoms with van der Waals surface area (Å²) in [5.74, 6) is 0. The van der Waals surface area contributed by atoms with Crippen LogP contribution in [-0.2, 0) is 9.84 Å². The van der Waals surface area contributed by atoms with Gasteiger partial charge in [-0.1, -0.05) is 24.3 Å². The molecule has 1 aromatic carbocycles. The van der Waals surface area contributed by atoms with Crippen molar-refractivity contribution in [1.29, 1.82) is 0 Å². The van der Waals surface area contributed by atoms with E-state index >= 15 is 0 Å². The molecule has 2 heterocycles. The Labute approximate surface area is 116 Å². The van der Waals surface area contributed by atoms with Crippen LogP contribution < -0.4 is 5.43 Å². The van der Waals surface area contributed by atoms with E-state index in [0.29, 0.717) is 11.4 Å². The number of benzene rings is 1. The zero-order chi connectivity index (χ0) is 14.0. The van der Waals surface area contributed by atoms with Crippen molar-refractivity contribution in [1.82, 2.24) is 10.4 Å². The smallest absolute Gasteiger partial charge is 0.195 e. The van der Waals surface area contributed by atoms with E-state index in [1.165, 1.54) is 6.08 Å². The first-order chi connectivity index (χ1) is 9.62. The Morgan fingerprint density at radius 1 is 1.15 bits per heavy atom. The van der Waals surface area contributed by atoms with Crippen molar-refractivity contribution >= 4 is 27.0 Å². The lowest BCUT2D eigenvalue weighted by Crippen LogP contribution is -2.03. The highest BCUT2D eigenvalue weighted by Gasteiger charge is 2.09. The van der Waals surface area contributed by atoms with Gasteiger partial charge in [-0.05, 0) is 18.2 Å².